The lowest BCUT2D eigenvalue weighted by atomic mass is 10.0. The lowest BCUT2D eigenvalue weighted by Crippen LogP contribution is -2.39. The predicted octanol–water partition coefficient (Wildman–Crippen LogP) is 3.04. The van der Waals surface area contributed by atoms with Gasteiger partial charge in [-0.3, -0.25) is 4.99 Å². The van der Waals surface area contributed by atoms with Crippen molar-refractivity contribution in [2.75, 3.05) is 12.3 Å². The second-order valence-electron chi connectivity index (χ2n) is 5.12. The zero-order valence-electron chi connectivity index (χ0n) is 9.88. The van der Waals surface area contributed by atoms with E-state index >= 15 is 0 Å². The second kappa shape index (κ2) is 4.77. The first-order chi connectivity index (χ1) is 7.22. The molecule has 1 unspecified atom stereocenters. The van der Waals surface area contributed by atoms with Crippen LogP contribution in [-0.4, -0.2) is 23.0 Å². The van der Waals surface area contributed by atoms with Crippen LogP contribution in [0.4, 0.5) is 0 Å². The Kier molecular flexibility index (Phi) is 3.60. The summed E-state index contributed by atoms with van der Waals surface area (Å²) >= 11 is 1.90. The molecule has 2 aliphatic rings. The lowest BCUT2D eigenvalue weighted by molar-refractivity contribution is 0.465. The number of aliphatic imine (C=N–C) groups is 1. The number of nitrogens with zero attached hydrogens (tertiary/aromatic N) is 1. The van der Waals surface area contributed by atoms with E-state index in [0.717, 1.165) is 12.5 Å². The maximum absolute atomic E-state index is 4.72. The van der Waals surface area contributed by atoms with Gasteiger partial charge >= 0.3 is 0 Å². The lowest BCUT2D eigenvalue weighted by Gasteiger charge is -2.20. The molecule has 86 valence electrons. The van der Waals surface area contributed by atoms with E-state index in [4.69, 9.17) is 4.99 Å². The van der Waals surface area contributed by atoms with Gasteiger partial charge in [-0.1, -0.05) is 31.5 Å². The first kappa shape index (κ1) is 11.3. The molecule has 1 heterocycles. The second-order valence-corrected chi connectivity index (χ2v) is 6.09. The minimum atomic E-state index is 0.291. The summed E-state index contributed by atoms with van der Waals surface area (Å²) in [5.41, 5.74) is 0.291. The molecule has 0 aromatic heterocycles. The SMILES string of the molecule is CCC1(C)CSC(=NCC2CCCC2)N1. The number of amidine groups is 1. The molecule has 1 aliphatic carbocycles. The highest BCUT2D eigenvalue weighted by atomic mass is 32.2. The van der Waals surface area contributed by atoms with Crippen molar-refractivity contribution in [3.05, 3.63) is 0 Å². The van der Waals surface area contributed by atoms with Crippen molar-refractivity contribution in [3.8, 4) is 0 Å². The molecule has 0 aromatic carbocycles. The van der Waals surface area contributed by atoms with Crippen LogP contribution < -0.4 is 5.32 Å². The summed E-state index contributed by atoms with van der Waals surface area (Å²) in [4.78, 5) is 4.72. The van der Waals surface area contributed by atoms with Crippen LogP contribution in [-0.2, 0) is 0 Å². The maximum Gasteiger partial charge on any atom is 0.157 e. The summed E-state index contributed by atoms with van der Waals surface area (Å²) in [5.74, 6) is 2.04. The number of hydrogen-bond acceptors (Lipinski definition) is 2. The molecule has 1 saturated carbocycles. The van der Waals surface area contributed by atoms with E-state index in [-0.39, 0.29) is 0 Å². The Hall–Kier alpha value is -0.180. The van der Waals surface area contributed by atoms with Gasteiger partial charge in [-0.05, 0) is 32.1 Å². The molecule has 0 amide bonds. The van der Waals surface area contributed by atoms with Crippen molar-refractivity contribution < 1.29 is 0 Å². The average Bonchev–Trinajstić information content (AvgIpc) is 2.85. The summed E-state index contributed by atoms with van der Waals surface area (Å²) in [7, 11) is 0. The van der Waals surface area contributed by atoms with Crippen LogP contribution in [0, 0.1) is 5.92 Å². The quantitative estimate of drug-likeness (QED) is 0.800. The topological polar surface area (TPSA) is 24.4 Å². The highest BCUT2D eigenvalue weighted by Crippen LogP contribution is 2.28. The van der Waals surface area contributed by atoms with Crippen molar-refractivity contribution in [2.45, 2.75) is 51.5 Å². The molecule has 2 rings (SSSR count). The molecule has 1 atom stereocenters. The van der Waals surface area contributed by atoms with Crippen molar-refractivity contribution >= 4 is 16.9 Å². The number of thioether (sulfide) groups is 1. The fourth-order valence-corrected chi connectivity index (χ4v) is 3.45. The molecule has 0 bridgehead atoms. The van der Waals surface area contributed by atoms with Gasteiger partial charge < -0.3 is 5.32 Å². The molecule has 1 N–H and O–H groups in total. The monoisotopic (exact) mass is 226 g/mol. The third-order valence-corrected chi connectivity index (χ3v) is 4.97. The van der Waals surface area contributed by atoms with E-state index in [1.54, 1.807) is 0 Å². The Bertz CT molecular complexity index is 246. The van der Waals surface area contributed by atoms with Gasteiger partial charge in [-0.25, -0.2) is 0 Å². The van der Waals surface area contributed by atoms with E-state index in [1.165, 1.54) is 43.0 Å². The van der Waals surface area contributed by atoms with Crippen LogP contribution in [0.5, 0.6) is 0 Å². The zero-order chi connectivity index (χ0) is 10.7. The van der Waals surface area contributed by atoms with Crippen molar-refractivity contribution in [1.82, 2.24) is 5.32 Å². The van der Waals surface area contributed by atoms with Crippen molar-refractivity contribution in [2.24, 2.45) is 10.9 Å². The molecule has 1 saturated heterocycles. The minimum Gasteiger partial charge on any atom is -0.359 e. The molecule has 15 heavy (non-hydrogen) atoms. The van der Waals surface area contributed by atoms with E-state index in [1.807, 2.05) is 11.8 Å². The van der Waals surface area contributed by atoms with Crippen LogP contribution in [0.2, 0.25) is 0 Å². The van der Waals surface area contributed by atoms with Gasteiger partial charge in [0, 0.05) is 17.8 Å². The highest BCUT2D eigenvalue weighted by Gasteiger charge is 2.30. The van der Waals surface area contributed by atoms with Gasteiger partial charge in [-0.2, -0.15) is 0 Å². The zero-order valence-corrected chi connectivity index (χ0v) is 10.7. The van der Waals surface area contributed by atoms with E-state index in [0.29, 0.717) is 5.54 Å². The van der Waals surface area contributed by atoms with Crippen LogP contribution >= 0.6 is 11.8 Å². The normalized spacial score (nSPS) is 34.9. The fourth-order valence-electron chi connectivity index (χ4n) is 2.24. The number of rotatable bonds is 3. The summed E-state index contributed by atoms with van der Waals surface area (Å²) in [6.07, 6.45) is 6.81. The van der Waals surface area contributed by atoms with Crippen LogP contribution in [0.3, 0.4) is 0 Å². The molecule has 2 fully saturated rings. The smallest absolute Gasteiger partial charge is 0.157 e. The van der Waals surface area contributed by atoms with Gasteiger partial charge in [0.2, 0.25) is 0 Å². The Morgan fingerprint density at radius 2 is 2.20 bits per heavy atom. The van der Waals surface area contributed by atoms with Gasteiger partial charge in [-0.15, -0.1) is 0 Å². The van der Waals surface area contributed by atoms with Gasteiger partial charge in [0.1, 0.15) is 0 Å². The van der Waals surface area contributed by atoms with Crippen LogP contribution in [0.1, 0.15) is 46.0 Å². The van der Waals surface area contributed by atoms with E-state index in [2.05, 4.69) is 19.2 Å². The van der Waals surface area contributed by atoms with Crippen molar-refractivity contribution in [1.29, 1.82) is 0 Å². The Morgan fingerprint density at radius 1 is 1.47 bits per heavy atom. The summed E-state index contributed by atoms with van der Waals surface area (Å²) < 4.78 is 0. The standard InChI is InChI=1S/C12H22N2S/c1-3-12(2)9-15-11(14-12)13-8-10-6-4-5-7-10/h10H,3-9H2,1-2H3,(H,13,14). The molecule has 0 radical (unpaired) electrons. The van der Waals surface area contributed by atoms with E-state index < -0.39 is 0 Å². The van der Waals surface area contributed by atoms with Crippen LogP contribution in [0.15, 0.2) is 4.99 Å². The summed E-state index contributed by atoms with van der Waals surface area (Å²) in [5, 5.41) is 4.74. The maximum atomic E-state index is 4.72. The molecular formula is C12H22N2S. The van der Waals surface area contributed by atoms with Crippen LogP contribution in [0.25, 0.3) is 0 Å². The summed E-state index contributed by atoms with van der Waals surface area (Å²) in [6.45, 7) is 5.58. The molecular weight excluding hydrogens is 204 g/mol. The van der Waals surface area contributed by atoms with E-state index in [9.17, 15) is 0 Å². The third kappa shape index (κ3) is 2.90. The Labute approximate surface area is 97.3 Å². The van der Waals surface area contributed by atoms with Gasteiger partial charge in [0.25, 0.3) is 0 Å². The molecule has 0 aromatic rings. The highest BCUT2D eigenvalue weighted by molar-refractivity contribution is 8.14. The first-order valence-electron chi connectivity index (χ1n) is 6.17. The Morgan fingerprint density at radius 3 is 2.80 bits per heavy atom. The molecule has 2 nitrogen and oxygen atoms in total. The van der Waals surface area contributed by atoms with Gasteiger partial charge in [0.15, 0.2) is 5.17 Å². The van der Waals surface area contributed by atoms with Crippen molar-refractivity contribution in [3.63, 3.8) is 0 Å². The first-order valence-corrected chi connectivity index (χ1v) is 7.16. The Balaban J connectivity index is 1.82. The molecule has 0 spiro atoms. The third-order valence-electron chi connectivity index (χ3n) is 3.68. The number of nitrogens with one attached hydrogen (secondary N) is 1. The largest absolute Gasteiger partial charge is 0.359 e. The van der Waals surface area contributed by atoms with Gasteiger partial charge in [0.05, 0.1) is 0 Å². The molecule has 3 heteroatoms. The molecule has 1 aliphatic heterocycles. The minimum absolute atomic E-state index is 0.291. The predicted molar refractivity (Wildman–Crippen MR) is 68.5 cm³/mol. The number of hydrogen-bond donors (Lipinski definition) is 1. The fraction of sp³-hybridized carbons (Fsp3) is 0.917. The summed E-state index contributed by atoms with van der Waals surface area (Å²) in [6, 6.07) is 0. The average molecular weight is 226 g/mol.